The minimum absolute atomic E-state index is 0.0845. The van der Waals surface area contributed by atoms with Gasteiger partial charge >= 0.3 is 0 Å². The summed E-state index contributed by atoms with van der Waals surface area (Å²) in [7, 11) is 0. The zero-order chi connectivity index (χ0) is 17.8. The molecule has 5 heteroatoms. The van der Waals surface area contributed by atoms with Crippen molar-refractivity contribution in [1.29, 1.82) is 0 Å². The van der Waals surface area contributed by atoms with Crippen molar-refractivity contribution in [2.24, 2.45) is 0 Å². The van der Waals surface area contributed by atoms with E-state index in [2.05, 4.69) is 22.1 Å². The Morgan fingerprint density at radius 1 is 1.00 bits per heavy atom. The van der Waals surface area contributed by atoms with E-state index in [-0.39, 0.29) is 5.91 Å². The summed E-state index contributed by atoms with van der Waals surface area (Å²) in [5.41, 5.74) is 3.23. The smallest absolute Gasteiger partial charge is 0.246 e. The molecule has 1 saturated heterocycles. The molecule has 1 aromatic carbocycles. The second-order valence-corrected chi connectivity index (χ2v) is 6.55. The third-order valence-electron chi connectivity index (χ3n) is 4.71. The first-order chi connectivity index (χ1) is 12.8. The van der Waals surface area contributed by atoms with Crippen LogP contribution in [0.25, 0.3) is 11.6 Å². The van der Waals surface area contributed by atoms with E-state index in [0.29, 0.717) is 0 Å². The van der Waals surface area contributed by atoms with Gasteiger partial charge in [0.05, 0.1) is 11.2 Å². The Bertz CT molecular complexity index is 875. The predicted octanol–water partition coefficient (Wildman–Crippen LogP) is 2.69. The van der Waals surface area contributed by atoms with E-state index in [1.54, 1.807) is 6.08 Å². The number of hydrogen-bond acceptors (Lipinski definition) is 3. The van der Waals surface area contributed by atoms with Gasteiger partial charge in [0.25, 0.3) is 0 Å². The Balaban J connectivity index is 1.31. The molecule has 0 bridgehead atoms. The summed E-state index contributed by atoms with van der Waals surface area (Å²) >= 11 is 0. The number of fused-ring (bicyclic) bond motifs is 1. The van der Waals surface area contributed by atoms with E-state index >= 15 is 0 Å². The minimum atomic E-state index is 0.0845. The average molecular weight is 346 g/mol. The number of rotatable bonds is 4. The van der Waals surface area contributed by atoms with Crippen molar-refractivity contribution in [3.8, 4) is 0 Å². The second kappa shape index (κ2) is 7.54. The van der Waals surface area contributed by atoms with Gasteiger partial charge in [-0.25, -0.2) is 4.52 Å². The van der Waals surface area contributed by atoms with E-state index in [9.17, 15) is 4.79 Å². The lowest BCUT2D eigenvalue weighted by Crippen LogP contribution is -2.47. The van der Waals surface area contributed by atoms with E-state index in [4.69, 9.17) is 0 Å². The topological polar surface area (TPSA) is 40.9 Å². The molecule has 4 rings (SSSR count). The standard InChI is InChI=1S/C21H22N4O/c26-21(10-9-18-6-2-1-3-7-18)24-14-12-23(13-15-24)17-19-16-20-8-4-5-11-25(20)22-19/h1-11,16H,12-15,17H2/b10-9+. The lowest BCUT2D eigenvalue weighted by atomic mass is 10.2. The van der Waals surface area contributed by atoms with E-state index < -0.39 is 0 Å². The third-order valence-corrected chi connectivity index (χ3v) is 4.71. The summed E-state index contributed by atoms with van der Waals surface area (Å²) in [4.78, 5) is 16.6. The zero-order valence-electron chi connectivity index (χ0n) is 14.7. The molecule has 0 atom stereocenters. The van der Waals surface area contributed by atoms with Crippen molar-refractivity contribution in [3.05, 3.63) is 78.1 Å². The summed E-state index contributed by atoms with van der Waals surface area (Å²) in [6.45, 7) is 4.08. The Morgan fingerprint density at radius 3 is 2.54 bits per heavy atom. The fourth-order valence-electron chi connectivity index (χ4n) is 3.26. The highest BCUT2D eigenvalue weighted by molar-refractivity contribution is 5.91. The van der Waals surface area contributed by atoms with Crippen molar-refractivity contribution in [2.45, 2.75) is 6.54 Å². The molecule has 0 radical (unpaired) electrons. The zero-order valence-corrected chi connectivity index (χ0v) is 14.7. The SMILES string of the molecule is O=C(/C=C/c1ccccc1)N1CCN(Cc2cc3ccccn3n2)CC1. The Hall–Kier alpha value is -2.92. The van der Waals surface area contributed by atoms with Gasteiger partial charge in [-0.3, -0.25) is 9.69 Å². The molecule has 1 fully saturated rings. The highest BCUT2D eigenvalue weighted by atomic mass is 16.2. The Kier molecular flexibility index (Phi) is 4.80. The average Bonchev–Trinajstić information content (AvgIpc) is 3.10. The van der Waals surface area contributed by atoms with Crippen LogP contribution in [0.15, 0.2) is 66.9 Å². The highest BCUT2D eigenvalue weighted by Gasteiger charge is 2.20. The van der Waals surface area contributed by atoms with Gasteiger partial charge in [-0.15, -0.1) is 0 Å². The number of carbonyl (C=O) groups is 1. The fraction of sp³-hybridized carbons (Fsp3) is 0.238. The molecule has 1 aliphatic rings. The summed E-state index contributed by atoms with van der Waals surface area (Å²) in [6.07, 6.45) is 5.52. The molecule has 0 spiro atoms. The summed E-state index contributed by atoms with van der Waals surface area (Å²) < 4.78 is 1.91. The lowest BCUT2D eigenvalue weighted by Gasteiger charge is -2.33. The molecule has 5 nitrogen and oxygen atoms in total. The van der Waals surface area contributed by atoms with Crippen molar-refractivity contribution in [3.63, 3.8) is 0 Å². The molecule has 0 N–H and O–H groups in total. The van der Waals surface area contributed by atoms with Crippen LogP contribution in [-0.4, -0.2) is 51.5 Å². The van der Waals surface area contributed by atoms with Crippen LogP contribution in [0.5, 0.6) is 0 Å². The van der Waals surface area contributed by atoms with Crippen LogP contribution in [0.2, 0.25) is 0 Å². The summed E-state index contributed by atoms with van der Waals surface area (Å²) in [5.74, 6) is 0.0845. The molecule has 3 aromatic rings. The van der Waals surface area contributed by atoms with Crippen LogP contribution < -0.4 is 0 Å². The monoisotopic (exact) mass is 346 g/mol. The fourth-order valence-corrected chi connectivity index (χ4v) is 3.26. The number of benzene rings is 1. The molecule has 0 saturated carbocycles. The number of piperazine rings is 1. The molecular formula is C21H22N4O. The second-order valence-electron chi connectivity index (χ2n) is 6.55. The number of nitrogens with zero attached hydrogens (tertiary/aromatic N) is 4. The van der Waals surface area contributed by atoms with Crippen LogP contribution in [0.3, 0.4) is 0 Å². The molecule has 132 valence electrons. The molecule has 0 aliphatic carbocycles. The molecule has 3 heterocycles. The maximum atomic E-state index is 12.4. The number of pyridine rings is 1. The lowest BCUT2D eigenvalue weighted by molar-refractivity contribution is -0.127. The van der Waals surface area contributed by atoms with Crippen molar-refractivity contribution < 1.29 is 4.79 Å². The first-order valence-corrected chi connectivity index (χ1v) is 8.96. The Morgan fingerprint density at radius 2 is 1.77 bits per heavy atom. The number of aromatic nitrogens is 2. The van der Waals surface area contributed by atoms with Crippen molar-refractivity contribution in [1.82, 2.24) is 19.4 Å². The maximum absolute atomic E-state index is 12.4. The first kappa shape index (κ1) is 16.5. The van der Waals surface area contributed by atoms with Gasteiger partial charge in [0.15, 0.2) is 0 Å². The van der Waals surface area contributed by atoms with Crippen LogP contribution in [0.4, 0.5) is 0 Å². The van der Waals surface area contributed by atoms with Gasteiger partial charge in [0.1, 0.15) is 0 Å². The first-order valence-electron chi connectivity index (χ1n) is 8.96. The molecule has 2 aromatic heterocycles. The largest absolute Gasteiger partial charge is 0.337 e. The van der Waals surface area contributed by atoms with Crippen molar-refractivity contribution in [2.75, 3.05) is 26.2 Å². The third kappa shape index (κ3) is 3.83. The van der Waals surface area contributed by atoms with E-state index in [0.717, 1.165) is 49.5 Å². The van der Waals surface area contributed by atoms with E-state index in [1.165, 1.54) is 0 Å². The molecular weight excluding hydrogens is 324 g/mol. The summed E-state index contributed by atoms with van der Waals surface area (Å²) in [5, 5.41) is 4.61. The molecule has 0 unspecified atom stereocenters. The normalized spacial score (nSPS) is 15.8. The maximum Gasteiger partial charge on any atom is 0.246 e. The number of carbonyl (C=O) groups excluding carboxylic acids is 1. The van der Waals surface area contributed by atoms with Crippen LogP contribution in [0.1, 0.15) is 11.3 Å². The van der Waals surface area contributed by atoms with Crippen LogP contribution in [-0.2, 0) is 11.3 Å². The van der Waals surface area contributed by atoms with Gasteiger partial charge in [-0.1, -0.05) is 36.4 Å². The minimum Gasteiger partial charge on any atom is -0.337 e. The number of hydrogen-bond donors (Lipinski definition) is 0. The van der Waals surface area contributed by atoms with Crippen molar-refractivity contribution >= 4 is 17.5 Å². The number of amides is 1. The van der Waals surface area contributed by atoms with Gasteiger partial charge in [0, 0.05) is 45.0 Å². The van der Waals surface area contributed by atoms with E-state index in [1.807, 2.05) is 64.2 Å². The van der Waals surface area contributed by atoms with Gasteiger partial charge < -0.3 is 4.90 Å². The molecule has 26 heavy (non-hydrogen) atoms. The molecule has 1 aliphatic heterocycles. The molecule has 1 amide bonds. The van der Waals surface area contributed by atoms with Gasteiger partial charge in [-0.05, 0) is 29.8 Å². The van der Waals surface area contributed by atoms with Gasteiger partial charge in [0.2, 0.25) is 5.91 Å². The Labute approximate surface area is 153 Å². The quantitative estimate of drug-likeness (QED) is 0.682. The predicted molar refractivity (Wildman–Crippen MR) is 103 cm³/mol. The summed E-state index contributed by atoms with van der Waals surface area (Å²) in [6, 6.07) is 18.1. The van der Waals surface area contributed by atoms with Gasteiger partial charge in [-0.2, -0.15) is 5.10 Å². The van der Waals surface area contributed by atoms with Crippen LogP contribution >= 0.6 is 0 Å². The van der Waals surface area contributed by atoms with Crippen LogP contribution in [0, 0.1) is 0 Å². The highest BCUT2D eigenvalue weighted by Crippen LogP contribution is 2.11.